The molecule has 3 heteroatoms. The Morgan fingerprint density at radius 3 is 1.67 bits per heavy atom. The maximum Gasteiger partial charge on any atom is 0.186 e. The Morgan fingerprint density at radius 1 is 0.630 bits per heavy atom. The second kappa shape index (κ2) is 20.6. The molecule has 0 N–H and O–H groups in total. The average Bonchev–Trinajstić information content (AvgIpc) is 2.66. The van der Waals surface area contributed by atoms with Crippen molar-refractivity contribution in [3.05, 3.63) is 12.2 Å². The van der Waals surface area contributed by atoms with Crippen LogP contribution in [0.5, 0.6) is 0 Å². The zero-order valence-electron chi connectivity index (χ0n) is 19.2. The molecule has 0 saturated carbocycles. The van der Waals surface area contributed by atoms with E-state index >= 15 is 0 Å². The molecule has 0 fully saturated rings. The molecule has 0 spiro atoms. The molecule has 162 valence electrons. The molecule has 0 aromatic rings. The summed E-state index contributed by atoms with van der Waals surface area (Å²) in [6.45, 7) is 8.68. The Labute approximate surface area is 172 Å². The summed E-state index contributed by atoms with van der Waals surface area (Å²) in [5, 5.41) is 0. The van der Waals surface area contributed by atoms with Crippen LogP contribution in [0.3, 0.4) is 0 Å². The summed E-state index contributed by atoms with van der Waals surface area (Å²) >= 11 is 0. The van der Waals surface area contributed by atoms with Crippen LogP contribution in [0.15, 0.2) is 12.2 Å². The molecule has 0 aromatic heterocycles. The summed E-state index contributed by atoms with van der Waals surface area (Å²) in [4.78, 5) is 0. The monoisotopic (exact) mass is 398 g/mol. The third-order valence-corrected chi connectivity index (χ3v) is 8.08. The van der Waals surface area contributed by atoms with Gasteiger partial charge in [0.2, 0.25) is 0 Å². The van der Waals surface area contributed by atoms with Crippen LogP contribution in [0, 0.1) is 0 Å². The van der Waals surface area contributed by atoms with Crippen LogP contribution in [0.1, 0.15) is 103 Å². The first-order valence-corrected chi connectivity index (χ1v) is 15.0. The van der Waals surface area contributed by atoms with Gasteiger partial charge in [-0.25, -0.2) is 0 Å². The van der Waals surface area contributed by atoms with Gasteiger partial charge in [0, 0.05) is 20.3 Å². The van der Waals surface area contributed by atoms with E-state index in [0.717, 1.165) is 19.6 Å². The van der Waals surface area contributed by atoms with Crippen molar-refractivity contribution in [1.82, 2.24) is 0 Å². The van der Waals surface area contributed by atoms with E-state index in [-0.39, 0.29) is 0 Å². The molecule has 0 rings (SSSR count). The van der Waals surface area contributed by atoms with Crippen LogP contribution in [0.25, 0.3) is 0 Å². The summed E-state index contributed by atoms with van der Waals surface area (Å²) in [5.41, 5.74) is 0. The maximum atomic E-state index is 5.75. The Morgan fingerprint density at radius 2 is 1.11 bits per heavy atom. The number of unbranched alkanes of at least 4 members (excludes halogenated alkanes) is 12. The van der Waals surface area contributed by atoms with Crippen molar-refractivity contribution in [1.29, 1.82) is 0 Å². The fourth-order valence-corrected chi connectivity index (χ4v) is 4.46. The summed E-state index contributed by atoms with van der Waals surface area (Å²) in [6.07, 6.45) is 25.0. The van der Waals surface area contributed by atoms with Gasteiger partial charge in [0.15, 0.2) is 8.32 Å². The predicted molar refractivity (Wildman–Crippen MR) is 124 cm³/mol. The van der Waals surface area contributed by atoms with Crippen molar-refractivity contribution in [2.24, 2.45) is 0 Å². The molecule has 0 aliphatic carbocycles. The lowest BCUT2D eigenvalue weighted by Gasteiger charge is -2.19. The third kappa shape index (κ3) is 22.0. The number of hydrogen-bond acceptors (Lipinski definition) is 2. The number of ether oxygens (including phenoxy) is 1. The fourth-order valence-electron chi connectivity index (χ4n) is 3.26. The molecule has 0 aliphatic heterocycles. The molecule has 0 saturated heterocycles. The van der Waals surface area contributed by atoms with Gasteiger partial charge in [-0.15, -0.1) is 0 Å². The molecule has 0 atom stereocenters. The van der Waals surface area contributed by atoms with E-state index in [1.807, 2.05) is 7.11 Å². The van der Waals surface area contributed by atoms with Gasteiger partial charge in [-0.3, -0.25) is 0 Å². The molecule has 0 aromatic carbocycles. The second-order valence-corrected chi connectivity index (χ2v) is 13.0. The first-order chi connectivity index (χ1) is 13.1. The molecule has 0 radical (unpaired) electrons. The van der Waals surface area contributed by atoms with E-state index in [9.17, 15) is 0 Å². The second-order valence-electron chi connectivity index (χ2n) is 8.62. The molecule has 0 heterocycles. The quantitative estimate of drug-likeness (QED) is 0.110. The molecule has 0 amide bonds. The van der Waals surface area contributed by atoms with E-state index in [2.05, 4.69) is 32.2 Å². The SMILES string of the molecule is CCCCCCCC/C=C\CCCCCCCCOCCC[Si](C)(C)OC. The van der Waals surface area contributed by atoms with Crippen molar-refractivity contribution in [2.45, 2.75) is 122 Å². The Hall–Kier alpha value is -0.123. The van der Waals surface area contributed by atoms with Crippen LogP contribution in [-0.4, -0.2) is 28.6 Å². The molecular weight excluding hydrogens is 348 g/mol. The highest BCUT2D eigenvalue weighted by molar-refractivity contribution is 6.71. The largest absolute Gasteiger partial charge is 0.420 e. The third-order valence-electron chi connectivity index (χ3n) is 5.42. The zero-order chi connectivity index (χ0) is 20.1. The smallest absolute Gasteiger partial charge is 0.186 e. The molecule has 27 heavy (non-hydrogen) atoms. The highest BCUT2D eigenvalue weighted by Crippen LogP contribution is 2.13. The van der Waals surface area contributed by atoms with Crippen LogP contribution < -0.4 is 0 Å². The fraction of sp³-hybridized carbons (Fsp3) is 0.917. The van der Waals surface area contributed by atoms with Gasteiger partial charge in [0.25, 0.3) is 0 Å². The van der Waals surface area contributed by atoms with E-state index in [1.54, 1.807) is 0 Å². The summed E-state index contributed by atoms with van der Waals surface area (Å²) in [7, 11) is 0.471. The normalized spacial score (nSPS) is 12.3. The Kier molecular flexibility index (Phi) is 20.5. The van der Waals surface area contributed by atoms with Gasteiger partial charge < -0.3 is 9.16 Å². The number of hydrogen-bond donors (Lipinski definition) is 0. The van der Waals surface area contributed by atoms with E-state index in [4.69, 9.17) is 9.16 Å². The minimum Gasteiger partial charge on any atom is -0.420 e. The van der Waals surface area contributed by atoms with E-state index in [0.29, 0.717) is 0 Å². The lowest BCUT2D eigenvalue weighted by molar-refractivity contribution is 0.129. The lowest BCUT2D eigenvalue weighted by Crippen LogP contribution is -2.28. The summed E-state index contributed by atoms with van der Waals surface area (Å²) < 4.78 is 11.3. The molecule has 0 bridgehead atoms. The van der Waals surface area contributed by atoms with Gasteiger partial charge in [-0.2, -0.15) is 0 Å². The van der Waals surface area contributed by atoms with Crippen molar-refractivity contribution in [2.75, 3.05) is 20.3 Å². The highest BCUT2D eigenvalue weighted by atomic mass is 28.4. The average molecular weight is 399 g/mol. The van der Waals surface area contributed by atoms with E-state index in [1.165, 1.54) is 95.9 Å². The molecule has 2 nitrogen and oxygen atoms in total. The van der Waals surface area contributed by atoms with Crippen LogP contribution in [0.4, 0.5) is 0 Å². The lowest BCUT2D eigenvalue weighted by atomic mass is 10.1. The van der Waals surface area contributed by atoms with Crippen molar-refractivity contribution < 1.29 is 9.16 Å². The molecule has 0 unspecified atom stereocenters. The maximum absolute atomic E-state index is 5.75. The first-order valence-electron chi connectivity index (χ1n) is 11.9. The minimum absolute atomic E-state index is 0.908. The van der Waals surface area contributed by atoms with Crippen molar-refractivity contribution in [3.8, 4) is 0 Å². The minimum atomic E-state index is -1.38. The van der Waals surface area contributed by atoms with Crippen LogP contribution in [0.2, 0.25) is 19.1 Å². The predicted octanol–water partition coefficient (Wildman–Crippen LogP) is 8.28. The van der Waals surface area contributed by atoms with Gasteiger partial charge in [-0.05, 0) is 57.7 Å². The zero-order valence-corrected chi connectivity index (χ0v) is 20.2. The standard InChI is InChI=1S/C24H50O2Si/c1-5-6-7-8-9-10-11-12-13-14-15-16-17-18-19-20-22-26-23-21-24-27(3,4)25-2/h12-13H,5-11,14-24H2,1-4H3/b13-12-. The van der Waals surface area contributed by atoms with Gasteiger partial charge >= 0.3 is 0 Å². The van der Waals surface area contributed by atoms with Gasteiger partial charge in [-0.1, -0.05) is 76.9 Å². The molecule has 0 aliphatic rings. The van der Waals surface area contributed by atoms with Gasteiger partial charge in [0.1, 0.15) is 0 Å². The summed E-state index contributed by atoms with van der Waals surface area (Å²) in [5.74, 6) is 0. The summed E-state index contributed by atoms with van der Waals surface area (Å²) in [6, 6.07) is 1.21. The highest BCUT2D eigenvalue weighted by Gasteiger charge is 2.19. The number of rotatable bonds is 21. The first kappa shape index (κ1) is 26.9. The molecular formula is C24H50O2Si. The topological polar surface area (TPSA) is 18.5 Å². The van der Waals surface area contributed by atoms with Gasteiger partial charge in [0.05, 0.1) is 0 Å². The van der Waals surface area contributed by atoms with Crippen molar-refractivity contribution in [3.63, 3.8) is 0 Å². The van der Waals surface area contributed by atoms with Crippen molar-refractivity contribution >= 4 is 8.32 Å². The number of allylic oxidation sites excluding steroid dienone is 2. The Bertz CT molecular complexity index is 316. The van der Waals surface area contributed by atoms with E-state index < -0.39 is 8.32 Å². The van der Waals surface area contributed by atoms with Crippen LogP contribution in [-0.2, 0) is 9.16 Å². The Balaban J connectivity index is 3.13. The van der Waals surface area contributed by atoms with Crippen LogP contribution >= 0.6 is 0 Å².